The number of hydrogen-bond donors (Lipinski definition) is 2. The van der Waals surface area contributed by atoms with Crippen LogP contribution in [0.15, 0.2) is 18.3 Å². The van der Waals surface area contributed by atoms with Crippen molar-refractivity contribution in [3.63, 3.8) is 0 Å². The molecular formula is C9H14ClN3O2S. The van der Waals surface area contributed by atoms with Crippen LogP contribution in [0.4, 0.5) is 5.82 Å². The lowest BCUT2D eigenvalue weighted by Gasteiger charge is -2.10. The molecule has 1 aromatic heterocycles. The van der Waals surface area contributed by atoms with E-state index in [0.29, 0.717) is 6.54 Å². The zero-order valence-electron chi connectivity index (χ0n) is 9.07. The molecular weight excluding hydrogens is 250 g/mol. The highest BCUT2D eigenvalue weighted by molar-refractivity contribution is 7.90. The molecule has 0 saturated heterocycles. The van der Waals surface area contributed by atoms with Gasteiger partial charge in [-0.3, -0.25) is 4.72 Å². The van der Waals surface area contributed by atoms with Crippen molar-refractivity contribution in [2.75, 3.05) is 11.3 Å². The largest absolute Gasteiger partial charge is 0.300 e. The fraction of sp³-hybridized carbons (Fsp3) is 0.444. The predicted molar refractivity (Wildman–Crippen MR) is 64.6 cm³/mol. The highest BCUT2D eigenvalue weighted by atomic mass is 35.5. The fourth-order valence-electron chi connectivity index (χ4n) is 0.901. The molecule has 1 heterocycles. The maximum Gasteiger partial charge on any atom is 0.300 e. The molecule has 16 heavy (non-hydrogen) atoms. The molecule has 1 aromatic rings. The Labute approximate surface area is 100 Å². The van der Waals surface area contributed by atoms with Gasteiger partial charge in [-0.2, -0.15) is 13.1 Å². The standard InChI is InChI=1S/C9H14ClN3O2S/c1-7(2)6-12-16(14,15)13-9-8(10)4-3-5-11-9/h3-5,7,12H,6H2,1-2H3,(H,11,13). The molecule has 1 rings (SSSR count). The van der Waals surface area contributed by atoms with Gasteiger partial charge in [0.2, 0.25) is 0 Å². The Morgan fingerprint density at radius 3 is 2.75 bits per heavy atom. The van der Waals surface area contributed by atoms with Crippen LogP contribution >= 0.6 is 11.6 Å². The van der Waals surface area contributed by atoms with Crippen molar-refractivity contribution < 1.29 is 8.42 Å². The van der Waals surface area contributed by atoms with Crippen LogP contribution in [0.25, 0.3) is 0 Å². The van der Waals surface area contributed by atoms with Gasteiger partial charge < -0.3 is 0 Å². The molecule has 0 aliphatic carbocycles. The van der Waals surface area contributed by atoms with Crippen molar-refractivity contribution in [3.8, 4) is 0 Å². The molecule has 7 heteroatoms. The van der Waals surface area contributed by atoms with E-state index in [1.54, 1.807) is 12.1 Å². The molecule has 0 bridgehead atoms. The normalized spacial score (nSPS) is 11.8. The van der Waals surface area contributed by atoms with E-state index < -0.39 is 10.2 Å². The quantitative estimate of drug-likeness (QED) is 0.848. The van der Waals surface area contributed by atoms with Gasteiger partial charge in [0.1, 0.15) is 0 Å². The van der Waals surface area contributed by atoms with Crippen LogP contribution in [0.3, 0.4) is 0 Å². The topological polar surface area (TPSA) is 71.1 Å². The molecule has 2 N–H and O–H groups in total. The minimum atomic E-state index is -3.60. The lowest BCUT2D eigenvalue weighted by atomic mass is 10.2. The summed E-state index contributed by atoms with van der Waals surface area (Å²) in [5.74, 6) is 0.358. The van der Waals surface area contributed by atoms with E-state index in [2.05, 4.69) is 14.4 Å². The van der Waals surface area contributed by atoms with Gasteiger partial charge in [-0.05, 0) is 18.1 Å². The summed E-state index contributed by atoms with van der Waals surface area (Å²) in [6.07, 6.45) is 1.46. The third kappa shape index (κ3) is 4.34. The molecule has 0 amide bonds. The molecule has 0 spiro atoms. The summed E-state index contributed by atoms with van der Waals surface area (Å²) >= 11 is 5.78. The van der Waals surface area contributed by atoms with Crippen molar-refractivity contribution in [1.82, 2.24) is 9.71 Å². The molecule has 90 valence electrons. The van der Waals surface area contributed by atoms with Crippen LogP contribution in [0.1, 0.15) is 13.8 Å². The Balaban J connectivity index is 2.70. The summed E-state index contributed by atoms with van der Waals surface area (Å²) < 4.78 is 27.7. The van der Waals surface area contributed by atoms with Crippen LogP contribution in [-0.2, 0) is 10.2 Å². The van der Waals surface area contributed by atoms with Gasteiger partial charge in [-0.25, -0.2) is 4.98 Å². The van der Waals surface area contributed by atoms with Crippen molar-refractivity contribution in [3.05, 3.63) is 23.4 Å². The lowest BCUT2D eigenvalue weighted by Crippen LogP contribution is -2.33. The molecule has 0 fully saturated rings. The second-order valence-electron chi connectivity index (χ2n) is 3.68. The number of halogens is 1. The first kappa shape index (κ1) is 13.2. The van der Waals surface area contributed by atoms with Gasteiger partial charge in [0, 0.05) is 12.7 Å². The third-order valence-electron chi connectivity index (χ3n) is 1.67. The number of aromatic nitrogens is 1. The van der Waals surface area contributed by atoms with Gasteiger partial charge in [0.15, 0.2) is 5.82 Å². The number of hydrogen-bond acceptors (Lipinski definition) is 3. The summed E-state index contributed by atoms with van der Waals surface area (Å²) in [6.45, 7) is 4.19. The Kier molecular flexibility index (Phi) is 4.52. The number of pyridine rings is 1. The van der Waals surface area contributed by atoms with E-state index >= 15 is 0 Å². The lowest BCUT2D eigenvalue weighted by molar-refractivity contribution is 0.564. The van der Waals surface area contributed by atoms with Gasteiger partial charge in [-0.1, -0.05) is 25.4 Å². The minimum absolute atomic E-state index is 0.125. The molecule has 0 radical (unpaired) electrons. The van der Waals surface area contributed by atoms with Crippen LogP contribution in [0.2, 0.25) is 5.02 Å². The number of nitrogens with zero attached hydrogens (tertiary/aromatic N) is 1. The maximum absolute atomic E-state index is 11.5. The zero-order valence-corrected chi connectivity index (χ0v) is 10.6. The average molecular weight is 264 g/mol. The second kappa shape index (κ2) is 5.47. The van der Waals surface area contributed by atoms with E-state index in [1.807, 2.05) is 13.8 Å². The summed E-state index contributed by atoms with van der Waals surface area (Å²) in [5.41, 5.74) is 0. The first-order chi connectivity index (χ1) is 7.41. The second-order valence-corrected chi connectivity index (χ2v) is 5.59. The molecule has 0 saturated carbocycles. The van der Waals surface area contributed by atoms with Crippen LogP contribution in [0, 0.1) is 5.92 Å². The Morgan fingerprint density at radius 1 is 1.50 bits per heavy atom. The summed E-state index contributed by atoms with van der Waals surface area (Å²) in [7, 11) is -3.60. The summed E-state index contributed by atoms with van der Waals surface area (Å²) in [4.78, 5) is 3.83. The number of rotatable bonds is 5. The highest BCUT2D eigenvalue weighted by Crippen LogP contribution is 2.17. The van der Waals surface area contributed by atoms with E-state index in [9.17, 15) is 8.42 Å². The SMILES string of the molecule is CC(C)CNS(=O)(=O)Nc1ncccc1Cl. The van der Waals surface area contributed by atoms with Crippen molar-refractivity contribution in [2.24, 2.45) is 5.92 Å². The van der Waals surface area contributed by atoms with Gasteiger partial charge in [0.25, 0.3) is 10.2 Å². The number of nitrogens with one attached hydrogen (secondary N) is 2. The van der Waals surface area contributed by atoms with E-state index in [4.69, 9.17) is 11.6 Å². The molecule has 0 aliphatic rings. The molecule has 5 nitrogen and oxygen atoms in total. The number of anilines is 1. The fourth-order valence-corrected chi connectivity index (χ4v) is 2.17. The smallest absolute Gasteiger partial charge is 0.253 e. The van der Waals surface area contributed by atoms with E-state index in [0.717, 1.165) is 0 Å². The van der Waals surface area contributed by atoms with Gasteiger partial charge in [-0.15, -0.1) is 0 Å². The molecule has 0 aromatic carbocycles. The van der Waals surface area contributed by atoms with Crippen molar-refractivity contribution in [2.45, 2.75) is 13.8 Å². The molecule has 0 atom stereocenters. The molecule has 0 unspecified atom stereocenters. The first-order valence-corrected chi connectivity index (χ1v) is 6.65. The van der Waals surface area contributed by atoms with Crippen molar-refractivity contribution in [1.29, 1.82) is 0 Å². The average Bonchev–Trinajstić information content (AvgIpc) is 2.19. The van der Waals surface area contributed by atoms with E-state index in [1.165, 1.54) is 6.20 Å². The Hall–Kier alpha value is -0.850. The maximum atomic E-state index is 11.5. The monoisotopic (exact) mass is 263 g/mol. The van der Waals surface area contributed by atoms with Crippen molar-refractivity contribution >= 4 is 27.6 Å². The van der Waals surface area contributed by atoms with Gasteiger partial charge >= 0.3 is 0 Å². The first-order valence-electron chi connectivity index (χ1n) is 4.78. The summed E-state index contributed by atoms with van der Waals surface area (Å²) in [6, 6.07) is 3.19. The summed E-state index contributed by atoms with van der Waals surface area (Å²) in [5, 5.41) is 0.262. The Morgan fingerprint density at radius 2 is 2.19 bits per heavy atom. The zero-order chi connectivity index (χ0) is 12.2. The third-order valence-corrected chi connectivity index (χ3v) is 2.98. The van der Waals surface area contributed by atoms with Crippen LogP contribution in [0.5, 0.6) is 0 Å². The molecule has 0 aliphatic heterocycles. The predicted octanol–water partition coefficient (Wildman–Crippen LogP) is 1.64. The van der Waals surface area contributed by atoms with Gasteiger partial charge in [0.05, 0.1) is 5.02 Å². The van der Waals surface area contributed by atoms with E-state index in [-0.39, 0.29) is 16.8 Å². The minimum Gasteiger partial charge on any atom is -0.253 e. The highest BCUT2D eigenvalue weighted by Gasteiger charge is 2.12. The Bertz CT molecular complexity index is 448. The van der Waals surface area contributed by atoms with Crippen LogP contribution in [-0.4, -0.2) is 19.9 Å². The van der Waals surface area contributed by atoms with Crippen LogP contribution < -0.4 is 9.44 Å².